The third-order valence-corrected chi connectivity index (χ3v) is 1.09. The summed E-state index contributed by atoms with van der Waals surface area (Å²) >= 11 is 5.02. The molecular formula is C5H7ClF4. The van der Waals surface area contributed by atoms with Gasteiger partial charge in [0.2, 0.25) is 0 Å². The highest BCUT2D eigenvalue weighted by molar-refractivity contribution is 6.17. The van der Waals surface area contributed by atoms with E-state index in [1.165, 1.54) is 0 Å². The molecule has 10 heavy (non-hydrogen) atoms. The molecule has 0 bridgehead atoms. The van der Waals surface area contributed by atoms with Gasteiger partial charge in [-0.05, 0) is 6.42 Å². The van der Waals surface area contributed by atoms with Gasteiger partial charge in [-0.1, -0.05) is 0 Å². The van der Waals surface area contributed by atoms with Crippen molar-refractivity contribution >= 4 is 11.6 Å². The highest BCUT2D eigenvalue weighted by atomic mass is 35.5. The van der Waals surface area contributed by atoms with Crippen LogP contribution >= 0.6 is 11.6 Å². The molecule has 5 heteroatoms. The molecule has 0 heterocycles. The molecule has 0 rings (SSSR count). The van der Waals surface area contributed by atoms with Gasteiger partial charge in [-0.3, -0.25) is 0 Å². The Kier molecular flexibility index (Phi) is 4.01. The second-order valence-corrected chi connectivity index (χ2v) is 2.27. The maximum atomic E-state index is 12.1. The Morgan fingerprint density at radius 3 is 2.10 bits per heavy atom. The highest BCUT2D eigenvalue weighted by Crippen LogP contribution is 2.24. The first-order chi connectivity index (χ1) is 4.45. The van der Waals surface area contributed by atoms with E-state index in [2.05, 4.69) is 0 Å². The lowest BCUT2D eigenvalue weighted by atomic mass is 10.2. The summed E-state index contributed by atoms with van der Waals surface area (Å²) in [6, 6.07) is 0. The zero-order valence-corrected chi connectivity index (χ0v) is 5.84. The van der Waals surface area contributed by atoms with Gasteiger partial charge in [-0.2, -0.15) is 13.2 Å². The number of rotatable bonds is 3. The average Bonchev–Trinajstić information content (AvgIpc) is 1.59. The van der Waals surface area contributed by atoms with Crippen molar-refractivity contribution in [2.45, 2.75) is 25.2 Å². The van der Waals surface area contributed by atoms with E-state index in [-0.39, 0.29) is 12.3 Å². The first-order valence-corrected chi connectivity index (χ1v) is 3.26. The summed E-state index contributed by atoms with van der Waals surface area (Å²) in [6.45, 7) is 0. The van der Waals surface area contributed by atoms with E-state index >= 15 is 0 Å². The summed E-state index contributed by atoms with van der Waals surface area (Å²) in [6.07, 6.45) is -7.88. The van der Waals surface area contributed by atoms with E-state index in [9.17, 15) is 17.6 Å². The maximum absolute atomic E-state index is 12.1. The van der Waals surface area contributed by atoms with Gasteiger partial charge in [0.15, 0.2) is 0 Å². The van der Waals surface area contributed by atoms with Gasteiger partial charge in [0.25, 0.3) is 0 Å². The zero-order valence-electron chi connectivity index (χ0n) is 5.09. The molecule has 1 unspecified atom stereocenters. The minimum absolute atomic E-state index is 0.0722. The van der Waals surface area contributed by atoms with E-state index in [1.807, 2.05) is 0 Å². The van der Waals surface area contributed by atoms with E-state index in [0.717, 1.165) is 0 Å². The third-order valence-electron chi connectivity index (χ3n) is 0.875. The molecule has 0 fully saturated rings. The van der Waals surface area contributed by atoms with E-state index in [1.54, 1.807) is 0 Å². The van der Waals surface area contributed by atoms with Crippen molar-refractivity contribution in [2.24, 2.45) is 0 Å². The molecule has 0 spiro atoms. The van der Waals surface area contributed by atoms with Crippen molar-refractivity contribution in [2.75, 3.05) is 5.88 Å². The Morgan fingerprint density at radius 1 is 1.30 bits per heavy atom. The molecule has 0 aromatic heterocycles. The van der Waals surface area contributed by atoms with Crippen LogP contribution in [0.2, 0.25) is 0 Å². The van der Waals surface area contributed by atoms with Crippen LogP contribution in [-0.4, -0.2) is 18.2 Å². The summed E-state index contributed by atoms with van der Waals surface area (Å²) in [7, 11) is 0. The smallest absolute Gasteiger partial charge is 0.247 e. The third kappa shape index (κ3) is 6.13. The van der Waals surface area contributed by atoms with E-state index in [0.29, 0.717) is 0 Å². The molecule has 0 aliphatic carbocycles. The minimum atomic E-state index is -4.41. The van der Waals surface area contributed by atoms with Crippen LogP contribution in [-0.2, 0) is 0 Å². The predicted molar refractivity (Wildman–Crippen MR) is 30.9 cm³/mol. The summed E-state index contributed by atoms with van der Waals surface area (Å²) in [5, 5.41) is 0. The molecule has 0 saturated heterocycles. The monoisotopic (exact) mass is 178 g/mol. The topological polar surface area (TPSA) is 0 Å². The summed E-state index contributed by atoms with van der Waals surface area (Å²) in [4.78, 5) is 0. The fourth-order valence-electron chi connectivity index (χ4n) is 0.472. The number of halogens is 5. The molecular weight excluding hydrogens is 171 g/mol. The van der Waals surface area contributed by atoms with Crippen molar-refractivity contribution in [3.63, 3.8) is 0 Å². The van der Waals surface area contributed by atoms with Crippen LogP contribution in [0, 0.1) is 0 Å². The molecule has 0 radical (unpaired) electrons. The van der Waals surface area contributed by atoms with Gasteiger partial charge in [-0.25, -0.2) is 4.39 Å². The first-order valence-electron chi connectivity index (χ1n) is 2.72. The lowest BCUT2D eigenvalue weighted by molar-refractivity contribution is -0.146. The average molecular weight is 179 g/mol. The SMILES string of the molecule is FC(CCCl)CC(F)(F)F. The van der Waals surface area contributed by atoms with Gasteiger partial charge in [0, 0.05) is 5.88 Å². The van der Waals surface area contributed by atoms with Crippen molar-refractivity contribution in [1.82, 2.24) is 0 Å². The van der Waals surface area contributed by atoms with Crippen LogP contribution in [0.5, 0.6) is 0 Å². The first kappa shape index (κ1) is 10.0. The van der Waals surface area contributed by atoms with Crippen molar-refractivity contribution in [3.8, 4) is 0 Å². The van der Waals surface area contributed by atoms with Crippen molar-refractivity contribution in [1.29, 1.82) is 0 Å². The Balaban J connectivity index is 3.47. The zero-order chi connectivity index (χ0) is 8.20. The molecule has 0 aromatic rings. The van der Waals surface area contributed by atoms with Gasteiger partial charge >= 0.3 is 6.18 Å². The molecule has 0 saturated carbocycles. The van der Waals surface area contributed by atoms with Gasteiger partial charge < -0.3 is 0 Å². The summed E-state index contributed by atoms with van der Waals surface area (Å²) < 4.78 is 46.1. The largest absolute Gasteiger partial charge is 0.391 e. The molecule has 0 N–H and O–H groups in total. The maximum Gasteiger partial charge on any atom is 0.391 e. The standard InChI is InChI=1S/C5H7ClF4/c6-2-1-4(7)3-5(8,9)10/h4H,1-3H2. The molecule has 0 aliphatic heterocycles. The van der Waals surface area contributed by atoms with Crippen molar-refractivity contribution < 1.29 is 17.6 Å². The van der Waals surface area contributed by atoms with Crippen LogP contribution in [0.1, 0.15) is 12.8 Å². The normalized spacial score (nSPS) is 15.3. The minimum Gasteiger partial charge on any atom is -0.247 e. The second-order valence-electron chi connectivity index (χ2n) is 1.89. The molecule has 1 atom stereocenters. The van der Waals surface area contributed by atoms with Crippen LogP contribution in [0.4, 0.5) is 17.6 Å². The van der Waals surface area contributed by atoms with Gasteiger partial charge in [0.05, 0.1) is 6.42 Å². The van der Waals surface area contributed by atoms with Crippen LogP contribution in [0.15, 0.2) is 0 Å². The molecule has 62 valence electrons. The van der Waals surface area contributed by atoms with Gasteiger partial charge in [-0.15, -0.1) is 11.6 Å². The molecule has 0 amide bonds. The molecule has 0 aromatic carbocycles. The van der Waals surface area contributed by atoms with Crippen LogP contribution in [0.3, 0.4) is 0 Å². The van der Waals surface area contributed by atoms with E-state index < -0.39 is 18.8 Å². The van der Waals surface area contributed by atoms with Crippen molar-refractivity contribution in [3.05, 3.63) is 0 Å². The Morgan fingerprint density at radius 2 is 1.80 bits per heavy atom. The molecule has 0 aliphatic rings. The highest BCUT2D eigenvalue weighted by Gasteiger charge is 2.31. The predicted octanol–water partition coefficient (Wildman–Crippen LogP) is 2.91. The quantitative estimate of drug-likeness (QED) is 0.461. The lowest BCUT2D eigenvalue weighted by Gasteiger charge is -2.08. The fraction of sp³-hybridized carbons (Fsp3) is 1.00. The summed E-state index contributed by atoms with van der Waals surface area (Å²) in [5.74, 6) is -0.0722. The van der Waals surface area contributed by atoms with E-state index in [4.69, 9.17) is 11.6 Å². The van der Waals surface area contributed by atoms with Gasteiger partial charge in [0.1, 0.15) is 6.17 Å². The molecule has 0 nitrogen and oxygen atoms in total. The number of alkyl halides is 5. The Hall–Kier alpha value is 0.01000. The lowest BCUT2D eigenvalue weighted by Crippen LogP contribution is -2.16. The Bertz CT molecular complexity index is 90.1. The summed E-state index contributed by atoms with van der Waals surface area (Å²) in [5.41, 5.74) is 0. The number of hydrogen-bond acceptors (Lipinski definition) is 0. The number of hydrogen-bond donors (Lipinski definition) is 0. The fourth-order valence-corrected chi connectivity index (χ4v) is 0.708. The van der Waals surface area contributed by atoms with Crippen LogP contribution in [0.25, 0.3) is 0 Å². The van der Waals surface area contributed by atoms with Crippen LogP contribution < -0.4 is 0 Å². The second kappa shape index (κ2) is 4.01. The Labute approximate surface area is 61.2 Å².